The van der Waals surface area contributed by atoms with Crippen LogP contribution in [0.4, 0.5) is 0 Å². The zero-order valence-corrected chi connectivity index (χ0v) is 3.89. The van der Waals surface area contributed by atoms with Crippen molar-refractivity contribution in [2.45, 2.75) is 0 Å². The minimum Gasteiger partial charge on any atom is -0.368 e. The molecule has 0 aromatic heterocycles. The van der Waals surface area contributed by atoms with E-state index in [0.29, 0.717) is 5.06 Å². The maximum absolute atomic E-state index is 8.36. The van der Waals surface area contributed by atoms with Gasteiger partial charge in [-0.05, 0) is 6.92 Å². The highest BCUT2D eigenvalue weighted by atomic mass is 16.5. The summed E-state index contributed by atoms with van der Waals surface area (Å²) in [6.45, 7) is 3.37. The molecule has 0 spiro atoms. The molecule has 0 bridgehead atoms. The zero-order chi connectivity index (χ0) is 5.86. The van der Waals surface area contributed by atoms with Gasteiger partial charge >= 0.3 is 0 Å². The molecule has 4 heteroatoms. The second kappa shape index (κ2) is 2.41. The zero-order valence-electron chi connectivity index (χ0n) is 3.89. The van der Waals surface area contributed by atoms with E-state index in [4.69, 9.17) is 16.4 Å². The Balaban J connectivity index is 3.34. The van der Waals surface area contributed by atoms with Crippen LogP contribution >= 0.6 is 0 Å². The number of nitrogens with two attached hydrogens (primary N) is 1. The molecule has 0 amide bonds. The number of rotatable bonds is 1. The molecule has 1 radical (unpaired) electrons. The summed E-state index contributed by atoms with van der Waals surface area (Å²) in [6, 6.07) is 0. The van der Waals surface area contributed by atoms with Gasteiger partial charge in [0.05, 0.1) is 0 Å². The third-order valence-corrected chi connectivity index (χ3v) is 0.490. The molecular formula is C3H8N3O. The Labute approximate surface area is 42.0 Å². The van der Waals surface area contributed by atoms with E-state index in [1.807, 2.05) is 0 Å². The van der Waals surface area contributed by atoms with Crippen molar-refractivity contribution in [3.63, 3.8) is 0 Å². The number of nitrogens with one attached hydrogen (secondary N) is 1. The van der Waals surface area contributed by atoms with Gasteiger partial charge in [-0.15, -0.1) is 0 Å². The molecule has 7 heavy (non-hydrogen) atoms. The number of hydroxylamine groups is 2. The highest BCUT2D eigenvalue weighted by molar-refractivity contribution is 5.73. The first-order chi connectivity index (χ1) is 3.18. The summed E-state index contributed by atoms with van der Waals surface area (Å²) in [6.07, 6.45) is 0. The van der Waals surface area contributed by atoms with Gasteiger partial charge in [0, 0.05) is 6.54 Å². The van der Waals surface area contributed by atoms with Crippen molar-refractivity contribution >= 4 is 5.96 Å². The minimum absolute atomic E-state index is 0.106. The topological polar surface area (TPSA) is 73.3 Å². The van der Waals surface area contributed by atoms with Crippen molar-refractivity contribution in [1.82, 2.24) is 5.06 Å². The molecule has 0 aromatic rings. The third kappa shape index (κ3) is 1.99. The molecule has 0 saturated heterocycles. The molecule has 4 N–H and O–H groups in total. The second-order valence-corrected chi connectivity index (χ2v) is 1.01. The molecule has 0 heterocycles. The number of hydrogen-bond donors (Lipinski definition) is 3. The molecule has 0 aliphatic carbocycles. The van der Waals surface area contributed by atoms with E-state index in [9.17, 15) is 0 Å². The Hall–Kier alpha value is -0.770. The normalized spacial score (nSPS) is 8.29. The lowest BCUT2D eigenvalue weighted by molar-refractivity contribution is -0.00593. The predicted molar refractivity (Wildman–Crippen MR) is 25.8 cm³/mol. The van der Waals surface area contributed by atoms with Crippen LogP contribution in [0.5, 0.6) is 0 Å². The van der Waals surface area contributed by atoms with Gasteiger partial charge in [0.15, 0.2) is 0 Å². The summed E-state index contributed by atoms with van der Waals surface area (Å²) in [5.74, 6) is -0.380. The van der Waals surface area contributed by atoms with Gasteiger partial charge in [0.25, 0.3) is 0 Å². The quantitative estimate of drug-likeness (QED) is 0.235. The Bertz CT molecular complexity index is 72.6. The van der Waals surface area contributed by atoms with Crippen LogP contribution < -0.4 is 5.73 Å². The standard InChI is InChI=1S/C3H8N3O/c1-2-6(7)3(4)5/h7H,1-2H2,(H3,4,5). The van der Waals surface area contributed by atoms with Crippen molar-refractivity contribution in [3.8, 4) is 0 Å². The van der Waals surface area contributed by atoms with E-state index in [1.165, 1.54) is 0 Å². The first kappa shape index (κ1) is 6.23. The van der Waals surface area contributed by atoms with Crippen LogP contribution in [-0.2, 0) is 0 Å². The van der Waals surface area contributed by atoms with Crippen molar-refractivity contribution in [2.75, 3.05) is 6.54 Å². The average Bonchev–Trinajstić information content (AvgIpc) is 1.65. The first-order valence-corrected chi connectivity index (χ1v) is 1.78. The van der Waals surface area contributed by atoms with Crippen LogP contribution in [0.1, 0.15) is 0 Å². The monoisotopic (exact) mass is 102 g/mol. The van der Waals surface area contributed by atoms with Crippen LogP contribution in [0.2, 0.25) is 0 Å². The third-order valence-electron chi connectivity index (χ3n) is 0.490. The molecule has 0 aliphatic heterocycles. The van der Waals surface area contributed by atoms with E-state index in [0.717, 1.165) is 0 Å². The van der Waals surface area contributed by atoms with Gasteiger partial charge in [0.1, 0.15) is 0 Å². The molecular weight excluding hydrogens is 94.1 g/mol. The highest BCUT2D eigenvalue weighted by Crippen LogP contribution is 1.71. The van der Waals surface area contributed by atoms with E-state index in [-0.39, 0.29) is 12.5 Å². The summed E-state index contributed by atoms with van der Waals surface area (Å²) >= 11 is 0. The Morgan fingerprint density at radius 3 is 2.43 bits per heavy atom. The molecule has 0 atom stereocenters. The predicted octanol–water partition coefficient (Wildman–Crippen LogP) is -0.595. The number of hydrogen-bond acceptors (Lipinski definition) is 2. The first-order valence-electron chi connectivity index (χ1n) is 1.78. The van der Waals surface area contributed by atoms with Crippen molar-refractivity contribution in [1.29, 1.82) is 5.41 Å². The fourth-order valence-electron chi connectivity index (χ4n) is 0.120. The molecule has 0 saturated carbocycles. The number of nitrogens with zero attached hydrogens (tertiary/aromatic N) is 1. The molecule has 0 fully saturated rings. The highest BCUT2D eigenvalue weighted by Gasteiger charge is 1.92. The van der Waals surface area contributed by atoms with E-state index < -0.39 is 0 Å². The van der Waals surface area contributed by atoms with Crippen molar-refractivity contribution < 1.29 is 5.21 Å². The SMILES string of the molecule is [CH2]CN(O)C(=N)N. The van der Waals surface area contributed by atoms with Crippen LogP contribution in [0.3, 0.4) is 0 Å². The molecule has 0 aromatic carbocycles. The molecule has 0 unspecified atom stereocenters. The van der Waals surface area contributed by atoms with Crippen LogP contribution in [0.25, 0.3) is 0 Å². The maximum Gasteiger partial charge on any atom is 0.212 e. The van der Waals surface area contributed by atoms with Crippen molar-refractivity contribution in [3.05, 3.63) is 6.92 Å². The smallest absolute Gasteiger partial charge is 0.212 e. The fraction of sp³-hybridized carbons (Fsp3) is 0.333. The molecule has 4 nitrogen and oxygen atoms in total. The second-order valence-electron chi connectivity index (χ2n) is 1.01. The molecule has 41 valence electrons. The van der Waals surface area contributed by atoms with Gasteiger partial charge in [-0.25, -0.2) is 5.06 Å². The van der Waals surface area contributed by atoms with Gasteiger partial charge in [-0.1, -0.05) is 0 Å². The van der Waals surface area contributed by atoms with Gasteiger partial charge in [-0.2, -0.15) is 0 Å². The van der Waals surface area contributed by atoms with Gasteiger partial charge in [0.2, 0.25) is 5.96 Å². The van der Waals surface area contributed by atoms with Crippen LogP contribution in [0, 0.1) is 12.3 Å². The maximum atomic E-state index is 8.36. The summed E-state index contributed by atoms with van der Waals surface area (Å²) in [5, 5.41) is 15.4. The lowest BCUT2D eigenvalue weighted by Crippen LogP contribution is -2.32. The van der Waals surface area contributed by atoms with E-state index >= 15 is 0 Å². The lowest BCUT2D eigenvalue weighted by Gasteiger charge is -2.08. The fourth-order valence-corrected chi connectivity index (χ4v) is 0.120. The van der Waals surface area contributed by atoms with Crippen LogP contribution in [0.15, 0.2) is 0 Å². The average molecular weight is 102 g/mol. The van der Waals surface area contributed by atoms with E-state index in [1.54, 1.807) is 0 Å². The van der Waals surface area contributed by atoms with Gasteiger partial charge in [-0.3, -0.25) is 10.6 Å². The lowest BCUT2D eigenvalue weighted by atomic mass is 10.7. The summed E-state index contributed by atoms with van der Waals surface area (Å²) < 4.78 is 0. The molecule has 0 aliphatic rings. The Morgan fingerprint density at radius 1 is 2.00 bits per heavy atom. The summed E-state index contributed by atoms with van der Waals surface area (Å²) in [5.41, 5.74) is 4.77. The van der Waals surface area contributed by atoms with Crippen molar-refractivity contribution in [2.24, 2.45) is 5.73 Å². The van der Waals surface area contributed by atoms with Gasteiger partial charge < -0.3 is 5.73 Å². The Morgan fingerprint density at radius 2 is 2.43 bits per heavy atom. The molecule has 0 rings (SSSR count). The largest absolute Gasteiger partial charge is 0.368 e. The Kier molecular flexibility index (Phi) is 2.15. The summed E-state index contributed by atoms with van der Waals surface area (Å²) in [4.78, 5) is 0. The van der Waals surface area contributed by atoms with Crippen LogP contribution in [-0.4, -0.2) is 22.8 Å². The minimum atomic E-state index is -0.380. The summed E-state index contributed by atoms with van der Waals surface area (Å²) in [7, 11) is 0. The number of guanidine groups is 1. The van der Waals surface area contributed by atoms with E-state index in [2.05, 4.69) is 6.92 Å².